The first kappa shape index (κ1) is 13.3. The fourth-order valence-electron chi connectivity index (χ4n) is 2.37. The van der Waals surface area contributed by atoms with Crippen LogP contribution in [0, 0.1) is 9.49 Å². The minimum atomic E-state index is 0.306. The van der Waals surface area contributed by atoms with Crippen LogP contribution >= 0.6 is 22.6 Å². The van der Waals surface area contributed by atoms with Gasteiger partial charge in [0.1, 0.15) is 0 Å². The lowest BCUT2D eigenvalue weighted by molar-refractivity contribution is 0.117. The predicted octanol–water partition coefficient (Wildman–Crippen LogP) is 2.09. The molecule has 0 aliphatic carbocycles. The molecule has 3 atom stereocenters. The topological polar surface area (TPSA) is 47.3 Å². The number of nitrogens with one attached hydrogen (secondary N) is 1. The van der Waals surface area contributed by atoms with E-state index in [-0.39, 0.29) is 0 Å². The van der Waals surface area contributed by atoms with Crippen molar-refractivity contribution in [3.63, 3.8) is 0 Å². The van der Waals surface area contributed by atoms with Gasteiger partial charge < -0.3 is 4.74 Å². The Bertz CT molecular complexity index is 355. The zero-order valence-electron chi connectivity index (χ0n) is 10.0. The second kappa shape index (κ2) is 6.13. The minimum Gasteiger partial charge on any atom is -0.378 e. The third-order valence-corrected chi connectivity index (χ3v) is 4.10. The number of nitrogens with two attached hydrogens (primary N) is 1. The highest BCUT2D eigenvalue weighted by Crippen LogP contribution is 2.24. The van der Waals surface area contributed by atoms with Gasteiger partial charge in [0.15, 0.2) is 0 Å². The van der Waals surface area contributed by atoms with Crippen LogP contribution in [-0.4, -0.2) is 18.8 Å². The van der Waals surface area contributed by atoms with E-state index in [1.54, 1.807) is 0 Å². The molecule has 3 nitrogen and oxygen atoms in total. The van der Waals surface area contributed by atoms with E-state index < -0.39 is 0 Å². The van der Waals surface area contributed by atoms with Gasteiger partial charge in [-0.1, -0.05) is 12.1 Å². The number of hydrogen-bond donors (Lipinski definition) is 2. The minimum absolute atomic E-state index is 0.306. The highest BCUT2D eigenvalue weighted by Gasteiger charge is 2.28. The zero-order valence-corrected chi connectivity index (χ0v) is 12.2. The van der Waals surface area contributed by atoms with Crippen molar-refractivity contribution in [2.24, 2.45) is 11.8 Å². The van der Waals surface area contributed by atoms with Gasteiger partial charge in [-0.2, -0.15) is 0 Å². The monoisotopic (exact) mass is 346 g/mol. The summed E-state index contributed by atoms with van der Waals surface area (Å²) in [7, 11) is 0. The van der Waals surface area contributed by atoms with Crippen LogP contribution in [-0.2, 0) is 11.2 Å². The van der Waals surface area contributed by atoms with E-state index >= 15 is 0 Å². The van der Waals surface area contributed by atoms with Crippen molar-refractivity contribution in [3.8, 4) is 0 Å². The van der Waals surface area contributed by atoms with Gasteiger partial charge in [-0.05, 0) is 60.1 Å². The molecule has 2 rings (SSSR count). The van der Waals surface area contributed by atoms with Crippen LogP contribution in [0.5, 0.6) is 0 Å². The van der Waals surface area contributed by atoms with E-state index in [1.165, 1.54) is 9.13 Å². The van der Waals surface area contributed by atoms with Gasteiger partial charge in [0.05, 0.1) is 12.7 Å². The normalized spacial score (nSPS) is 26.1. The van der Waals surface area contributed by atoms with Crippen molar-refractivity contribution in [1.82, 2.24) is 5.43 Å². The van der Waals surface area contributed by atoms with Gasteiger partial charge >= 0.3 is 0 Å². The Morgan fingerprint density at radius 2 is 2.18 bits per heavy atom. The molecule has 0 aromatic heterocycles. The van der Waals surface area contributed by atoms with Crippen molar-refractivity contribution >= 4 is 22.6 Å². The van der Waals surface area contributed by atoms with Crippen LogP contribution in [0.2, 0.25) is 0 Å². The summed E-state index contributed by atoms with van der Waals surface area (Å²) < 4.78 is 6.87. The number of rotatable bonds is 4. The van der Waals surface area contributed by atoms with E-state index in [0.29, 0.717) is 18.1 Å². The fraction of sp³-hybridized carbons (Fsp3) is 0.538. The Balaban J connectivity index is 1.97. The molecular weight excluding hydrogens is 327 g/mol. The van der Waals surface area contributed by atoms with E-state index in [1.807, 2.05) is 0 Å². The Hall–Kier alpha value is -0.170. The first-order chi connectivity index (χ1) is 8.19. The second-order valence-corrected chi connectivity index (χ2v) is 5.99. The summed E-state index contributed by atoms with van der Waals surface area (Å²) in [5.41, 5.74) is 4.27. The molecule has 1 fully saturated rings. The SMILES string of the molecule is CC1CC(C(Cc2ccc(I)cc2)NN)CO1. The average molecular weight is 346 g/mol. The Morgan fingerprint density at radius 3 is 2.71 bits per heavy atom. The van der Waals surface area contributed by atoms with Crippen LogP contribution < -0.4 is 11.3 Å². The molecule has 94 valence electrons. The Morgan fingerprint density at radius 1 is 1.47 bits per heavy atom. The quantitative estimate of drug-likeness (QED) is 0.499. The summed E-state index contributed by atoms with van der Waals surface area (Å²) in [6, 6.07) is 8.92. The summed E-state index contributed by atoms with van der Waals surface area (Å²) in [5.74, 6) is 6.19. The van der Waals surface area contributed by atoms with Crippen molar-refractivity contribution in [3.05, 3.63) is 33.4 Å². The summed E-state index contributed by atoms with van der Waals surface area (Å²) in [4.78, 5) is 0. The molecule has 1 aromatic rings. The molecule has 0 amide bonds. The molecule has 4 heteroatoms. The number of ether oxygens (including phenoxy) is 1. The zero-order chi connectivity index (χ0) is 12.3. The molecule has 0 radical (unpaired) electrons. The highest BCUT2D eigenvalue weighted by atomic mass is 127. The Labute approximate surface area is 116 Å². The maximum Gasteiger partial charge on any atom is 0.0551 e. The molecule has 1 aliphatic rings. The number of halogens is 1. The van der Waals surface area contributed by atoms with E-state index in [0.717, 1.165) is 19.4 Å². The largest absolute Gasteiger partial charge is 0.378 e. The average Bonchev–Trinajstić information content (AvgIpc) is 2.75. The number of benzene rings is 1. The number of hydrogen-bond acceptors (Lipinski definition) is 3. The standard InChI is InChI=1S/C13H19IN2O/c1-9-6-11(8-17-9)13(16-15)7-10-2-4-12(14)5-3-10/h2-5,9,11,13,16H,6-8,15H2,1H3. The fourth-order valence-corrected chi connectivity index (χ4v) is 2.73. The predicted molar refractivity (Wildman–Crippen MR) is 77.5 cm³/mol. The molecule has 1 heterocycles. The summed E-state index contributed by atoms with van der Waals surface area (Å²) in [6.07, 6.45) is 2.43. The van der Waals surface area contributed by atoms with Crippen LogP contribution in [0.4, 0.5) is 0 Å². The molecule has 0 bridgehead atoms. The maximum absolute atomic E-state index is 5.67. The van der Waals surface area contributed by atoms with Crippen LogP contribution in [0.1, 0.15) is 18.9 Å². The molecule has 0 spiro atoms. The maximum atomic E-state index is 5.67. The molecule has 3 unspecified atom stereocenters. The Kier molecular flexibility index (Phi) is 4.78. The summed E-state index contributed by atoms with van der Waals surface area (Å²) in [6.45, 7) is 2.94. The van der Waals surface area contributed by atoms with Crippen molar-refractivity contribution in [1.29, 1.82) is 0 Å². The van der Waals surface area contributed by atoms with Gasteiger partial charge in [-0.3, -0.25) is 11.3 Å². The highest BCUT2D eigenvalue weighted by molar-refractivity contribution is 14.1. The molecule has 17 heavy (non-hydrogen) atoms. The van der Waals surface area contributed by atoms with Crippen molar-refractivity contribution in [2.45, 2.75) is 31.9 Å². The molecule has 0 saturated carbocycles. The van der Waals surface area contributed by atoms with Gasteiger partial charge in [0, 0.05) is 15.5 Å². The lowest BCUT2D eigenvalue weighted by Gasteiger charge is -2.21. The van der Waals surface area contributed by atoms with Crippen LogP contribution in [0.3, 0.4) is 0 Å². The van der Waals surface area contributed by atoms with Gasteiger partial charge in [-0.15, -0.1) is 0 Å². The smallest absolute Gasteiger partial charge is 0.0551 e. The van der Waals surface area contributed by atoms with Crippen molar-refractivity contribution in [2.75, 3.05) is 6.61 Å². The van der Waals surface area contributed by atoms with E-state index in [4.69, 9.17) is 10.6 Å². The molecule has 1 saturated heterocycles. The first-order valence-electron chi connectivity index (χ1n) is 6.01. The molecular formula is C13H19IN2O. The van der Waals surface area contributed by atoms with E-state index in [2.05, 4.69) is 59.2 Å². The van der Waals surface area contributed by atoms with Gasteiger partial charge in [-0.25, -0.2) is 0 Å². The second-order valence-electron chi connectivity index (χ2n) is 4.74. The summed E-state index contributed by atoms with van der Waals surface area (Å²) in [5, 5.41) is 0. The summed E-state index contributed by atoms with van der Waals surface area (Å²) >= 11 is 2.32. The third-order valence-electron chi connectivity index (χ3n) is 3.38. The lowest BCUT2D eigenvalue weighted by atomic mass is 9.92. The van der Waals surface area contributed by atoms with Crippen LogP contribution in [0.25, 0.3) is 0 Å². The first-order valence-corrected chi connectivity index (χ1v) is 7.09. The molecule has 1 aromatic carbocycles. The van der Waals surface area contributed by atoms with Gasteiger partial charge in [0.2, 0.25) is 0 Å². The van der Waals surface area contributed by atoms with Gasteiger partial charge in [0.25, 0.3) is 0 Å². The number of hydrazine groups is 1. The third kappa shape index (κ3) is 3.64. The lowest BCUT2D eigenvalue weighted by Crippen LogP contribution is -2.42. The molecule has 3 N–H and O–H groups in total. The van der Waals surface area contributed by atoms with E-state index in [9.17, 15) is 0 Å². The van der Waals surface area contributed by atoms with Crippen LogP contribution in [0.15, 0.2) is 24.3 Å². The molecule has 1 aliphatic heterocycles. The van der Waals surface area contributed by atoms with Crippen molar-refractivity contribution < 1.29 is 4.74 Å².